The van der Waals surface area contributed by atoms with Crippen LogP contribution in [0.5, 0.6) is 0 Å². The lowest BCUT2D eigenvalue weighted by Gasteiger charge is -2.36. The first-order chi connectivity index (χ1) is 12.4. The highest BCUT2D eigenvalue weighted by atomic mass is 15.4. The number of likely N-dealkylation sites (tertiary alicyclic amines) is 1. The predicted molar refractivity (Wildman–Crippen MR) is 102 cm³/mol. The van der Waals surface area contributed by atoms with E-state index in [0.717, 1.165) is 44.6 Å². The highest BCUT2D eigenvalue weighted by molar-refractivity contribution is 5.80. The van der Waals surface area contributed by atoms with Gasteiger partial charge in [-0.1, -0.05) is 0 Å². The molecule has 7 nitrogen and oxygen atoms in total. The van der Waals surface area contributed by atoms with Gasteiger partial charge in [0.15, 0.2) is 5.96 Å². The second kappa shape index (κ2) is 9.56. The fraction of sp³-hybridized carbons (Fsp3) is 0.722. The minimum absolute atomic E-state index is 0.826. The van der Waals surface area contributed by atoms with Crippen molar-refractivity contribution in [2.24, 2.45) is 4.99 Å². The first-order valence-corrected chi connectivity index (χ1v) is 9.57. The zero-order chi connectivity index (χ0) is 17.3. The van der Waals surface area contributed by atoms with Crippen molar-refractivity contribution < 1.29 is 0 Å². The predicted octanol–water partition coefficient (Wildman–Crippen LogP) is 1.05. The Morgan fingerprint density at radius 2 is 1.76 bits per heavy atom. The van der Waals surface area contributed by atoms with Crippen molar-refractivity contribution >= 4 is 11.9 Å². The van der Waals surface area contributed by atoms with Crippen LogP contribution in [0.1, 0.15) is 25.7 Å². The maximum Gasteiger partial charge on any atom is 0.225 e. The molecular weight excluding hydrogens is 314 g/mol. The standard InChI is InChI=1S/C18H31N7/c1-19-17(20-7-2-3-10-23-11-4-5-12-23)24-13-15-25(16-14-24)18-21-8-6-9-22-18/h6,8-9H,2-5,7,10-16H2,1H3,(H,19,20). The van der Waals surface area contributed by atoms with Gasteiger partial charge in [0.2, 0.25) is 5.95 Å². The summed E-state index contributed by atoms with van der Waals surface area (Å²) in [5, 5.41) is 3.53. The van der Waals surface area contributed by atoms with Crippen molar-refractivity contribution in [1.82, 2.24) is 25.1 Å². The molecule has 0 atom stereocenters. The van der Waals surface area contributed by atoms with Crippen LogP contribution in [0.3, 0.4) is 0 Å². The van der Waals surface area contributed by atoms with E-state index in [0.29, 0.717) is 0 Å². The van der Waals surface area contributed by atoms with E-state index in [4.69, 9.17) is 0 Å². The normalized spacial score (nSPS) is 19.5. The molecule has 0 bridgehead atoms. The van der Waals surface area contributed by atoms with E-state index in [-0.39, 0.29) is 0 Å². The van der Waals surface area contributed by atoms with E-state index in [1.165, 1.54) is 45.3 Å². The summed E-state index contributed by atoms with van der Waals surface area (Å²) in [6, 6.07) is 1.86. The van der Waals surface area contributed by atoms with Crippen LogP contribution in [0.15, 0.2) is 23.5 Å². The van der Waals surface area contributed by atoms with Gasteiger partial charge in [0, 0.05) is 52.2 Å². The Labute approximate surface area is 151 Å². The van der Waals surface area contributed by atoms with Crippen LogP contribution in [-0.2, 0) is 0 Å². The van der Waals surface area contributed by atoms with E-state index in [2.05, 4.69) is 35.0 Å². The van der Waals surface area contributed by atoms with Crippen molar-refractivity contribution in [3.8, 4) is 0 Å². The highest BCUT2D eigenvalue weighted by Crippen LogP contribution is 2.10. The van der Waals surface area contributed by atoms with Crippen LogP contribution in [-0.4, -0.2) is 85.1 Å². The Morgan fingerprint density at radius 1 is 1.04 bits per heavy atom. The van der Waals surface area contributed by atoms with Crippen molar-refractivity contribution in [2.75, 3.05) is 64.3 Å². The first kappa shape index (κ1) is 17.9. The fourth-order valence-corrected chi connectivity index (χ4v) is 3.57. The molecule has 138 valence electrons. The maximum absolute atomic E-state index is 4.46. The molecule has 3 rings (SSSR count). The summed E-state index contributed by atoms with van der Waals surface area (Å²) in [5.74, 6) is 1.85. The Bertz CT molecular complexity index is 519. The summed E-state index contributed by atoms with van der Waals surface area (Å²) >= 11 is 0. The molecule has 0 saturated carbocycles. The van der Waals surface area contributed by atoms with Gasteiger partial charge in [-0.15, -0.1) is 0 Å². The van der Waals surface area contributed by atoms with Gasteiger partial charge in [0.1, 0.15) is 0 Å². The monoisotopic (exact) mass is 345 g/mol. The smallest absolute Gasteiger partial charge is 0.225 e. The second-order valence-corrected chi connectivity index (χ2v) is 6.75. The molecule has 2 saturated heterocycles. The number of hydrogen-bond acceptors (Lipinski definition) is 5. The molecule has 0 spiro atoms. The summed E-state index contributed by atoms with van der Waals surface area (Å²) in [7, 11) is 1.87. The van der Waals surface area contributed by atoms with Gasteiger partial charge in [0.25, 0.3) is 0 Å². The molecule has 2 aliphatic heterocycles. The number of guanidine groups is 1. The summed E-state index contributed by atoms with van der Waals surface area (Å²) in [6.45, 7) is 8.60. The molecule has 0 unspecified atom stereocenters. The van der Waals surface area contributed by atoms with Crippen molar-refractivity contribution in [2.45, 2.75) is 25.7 Å². The Kier molecular flexibility index (Phi) is 6.85. The molecule has 1 aromatic rings. The van der Waals surface area contributed by atoms with Crippen LogP contribution in [0.4, 0.5) is 5.95 Å². The number of hydrogen-bond donors (Lipinski definition) is 1. The molecule has 1 aromatic heterocycles. The van der Waals surface area contributed by atoms with E-state index >= 15 is 0 Å². The average molecular weight is 345 g/mol. The fourth-order valence-electron chi connectivity index (χ4n) is 3.57. The molecular formula is C18H31N7. The molecule has 2 aliphatic rings. The lowest BCUT2D eigenvalue weighted by Crippen LogP contribution is -2.53. The molecule has 3 heterocycles. The maximum atomic E-state index is 4.46. The van der Waals surface area contributed by atoms with Gasteiger partial charge in [-0.3, -0.25) is 4.99 Å². The van der Waals surface area contributed by atoms with Crippen LogP contribution >= 0.6 is 0 Å². The highest BCUT2D eigenvalue weighted by Gasteiger charge is 2.20. The van der Waals surface area contributed by atoms with Gasteiger partial charge < -0.3 is 20.0 Å². The molecule has 2 fully saturated rings. The number of anilines is 1. The van der Waals surface area contributed by atoms with Crippen molar-refractivity contribution in [3.63, 3.8) is 0 Å². The lowest BCUT2D eigenvalue weighted by atomic mass is 10.3. The number of aliphatic imine (C=N–C) groups is 1. The van der Waals surface area contributed by atoms with Crippen molar-refractivity contribution in [3.05, 3.63) is 18.5 Å². The summed E-state index contributed by atoms with van der Waals surface area (Å²) < 4.78 is 0. The Hall–Kier alpha value is -1.89. The summed E-state index contributed by atoms with van der Waals surface area (Å²) in [4.78, 5) is 20.3. The average Bonchev–Trinajstić information content (AvgIpc) is 3.19. The molecule has 0 aliphatic carbocycles. The molecule has 0 aromatic carbocycles. The molecule has 1 N–H and O–H groups in total. The van der Waals surface area contributed by atoms with E-state index in [1.54, 1.807) is 12.4 Å². The minimum Gasteiger partial charge on any atom is -0.356 e. The molecule has 7 heteroatoms. The zero-order valence-corrected chi connectivity index (χ0v) is 15.4. The summed E-state index contributed by atoms with van der Waals surface area (Å²) in [6.07, 6.45) is 8.83. The Balaban J connectivity index is 1.34. The first-order valence-electron chi connectivity index (χ1n) is 9.57. The number of piperazine rings is 1. The van der Waals surface area contributed by atoms with E-state index < -0.39 is 0 Å². The SMILES string of the molecule is CN=C(NCCCCN1CCCC1)N1CCN(c2ncccn2)CC1. The molecule has 0 radical (unpaired) electrons. The number of rotatable bonds is 6. The lowest BCUT2D eigenvalue weighted by molar-refractivity contribution is 0.329. The Morgan fingerprint density at radius 3 is 2.44 bits per heavy atom. The van der Waals surface area contributed by atoms with Crippen LogP contribution < -0.4 is 10.2 Å². The van der Waals surface area contributed by atoms with Gasteiger partial charge in [-0.05, 0) is 51.4 Å². The van der Waals surface area contributed by atoms with Gasteiger partial charge in [0.05, 0.1) is 0 Å². The van der Waals surface area contributed by atoms with Gasteiger partial charge >= 0.3 is 0 Å². The topological polar surface area (TPSA) is 59.9 Å². The third kappa shape index (κ3) is 5.29. The number of nitrogens with one attached hydrogen (secondary N) is 1. The minimum atomic E-state index is 0.826. The molecule has 0 amide bonds. The quantitative estimate of drug-likeness (QED) is 0.472. The number of unbranched alkanes of at least 4 members (excludes halogenated alkanes) is 1. The van der Waals surface area contributed by atoms with Gasteiger partial charge in [-0.2, -0.15) is 0 Å². The zero-order valence-electron chi connectivity index (χ0n) is 15.4. The number of aromatic nitrogens is 2. The molecule has 25 heavy (non-hydrogen) atoms. The third-order valence-corrected chi connectivity index (χ3v) is 5.01. The summed E-state index contributed by atoms with van der Waals surface area (Å²) in [5.41, 5.74) is 0. The van der Waals surface area contributed by atoms with Crippen molar-refractivity contribution in [1.29, 1.82) is 0 Å². The second-order valence-electron chi connectivity index (χ2n) is 6.75. The van der Waals surface area contributed by atoms with Gasteiger partial charge in [-0.25, -0.2) is 9.97 Å². The van der Waals surface area contributed by atoms with Crippen LogP contribution in [0.2, 0.25) is 0 Å². The van der Waals surface area contributed by atoms with E-state index in [9.17, 15) is 0 Å². The van der Waals surface area contributed by atoms with Crippen LogP contribution in [0.25, 0.3) is 0 Å². The number of nitrogens with zero attached hydrogens (tertiary/aromatic N) is 6. The van der Waals surface area contributed by atoms with E-state index in [1.807, 2.05) is 13.1 Å². The third-order valence-electron chi connectivity index (χ3n) is 5.01. The van der Waals surface area contributed by atoms with Crippen LogP contribution in [0, 0.1) is 0 Å². The largest absolute Gasteiger partial charge is 0.356 e.